The quantitative estimate of drug-likeness (QED) is 0.380. The van der Waals surface area contributed by atoms with Crippen LogP contribution in [-0.4, -0.2) is 29.5 Å². The summed E-state index contributed by atoms with van der Waals surface area (Å²) in [6, 6.07) is 15.1. The highest BCUT2D eigenvalue weighted by Gasteiger charge is 2.26. The Morgan fingerprint density at radius 2 is 1.90 bits per heavy atom. The molecule has 0 saturated carbocycles. The molecule has 0 fully saturated rings. The minimum absolute atomic E-state index is 0.165. The minimum Gasteiger partial charge on any atom is -0.464 e. The van der Waals surface area contributed by atoms with Gasteiger partial charge in [0, 0.05) is 28.9 Å². The number of esters is 1. The van der Waals surface area contributed by atoms with Crippen LogP contribution in [-0.2, 0) is 16.0 Å². The van der Waals surface area contributed by atoms with Gasteiger partial charge in [0.1, 0.15) is 17.2 Å². The maximum absolute atomic E-state index is 12.8. The highest BCUT2D eigenvalue weighted by atomic mass is 16.5. The van der Waals surface area contributed by atoms with Gasteiger partial charge in [-0.3, -0.25) is 4.79 Å². The minimum atomic E-state index is -0.956. The Kier molecular flexibility index (Phi) is 5.34. The lowest BCUT2D eigenvalue weighted by atomic mass is 10.0. The van der Waals surface area contributed by atoms with Crippen LogP contribution >= 0.6 is 0 Å². The first-order chi connectivity index (χ1) is 14.6. The Morgan fingerprint density at radius 1 is 1.13 bits per heavy atom. The number of carbonyl (C=O) groups excluding carboxylic acids is 2. The molecule has 0 aliphatic heterocycles. The summed E-state index contributed by atoms with van der Waals surface area (Å²) >= 11 is 0. The zero-order valence-electron chi connectivity index (χ0n) is 16.3. The fraction of sp³-hybridized carbons (Fsp3) is 0.174. The topological polar surface area (TPSA) is 101 Å². The molecule has 7 heteroatoms. The summed E-state index contributed by atoms with van der Waals surface area (Å²) in [5, 5.41) is 4.21. The van der Waals surface area contributed by atoms with E-state index in [0.717, 1.165) is 16.5 Å². The molecule has 1 atom stereocenters. The van der Waals surface area contributed by atoms with E-state index in [9.17, 15) is 14.4 Å². The van der Waals surface area contributed by atoms with E-state index >= 15 is 0 Å². The first kappa shape index (κ1) is 19.4. The Morgan fingerprint density at radius 3 is 2.73 bits per heavy atom. The molecule has 0 bridgehead atoms. The van der Waals surface area contributed by atoms with Gasteiger partial charge in [0.2, 0.25) is 0 Å². The second-order valence-corrected chi connectivity index (χ2v) is 6.83. The van der Waals surface area contributed by atoms with E-state index in [1.54, 1.807) is 37.4 Å². The summed E-state index contributed by atoms with van der Waals surface area (Å²) in [4.78, 5) is 40.8. The summed E-state index contributed by atoms with van der Waals surface area (Å²) in [7, 11) is 0. The van der Waals surface area contributed by atoms with E-state index in [4.69, 9.17) is 9.15 Å². The fourth-order valence-electron chi connectivity index (χ4n) is 3.41. The van der Waals surface area contributed by atoms with E-state index in [1.165, 1.54) is 6.07 Å². The lowest BCUT2D eigenvalue weighted by molar-refractivity contribution is -0.145. The molecule has 152 valence electrons. The number of hydrogen-bond donors (Lipinski definition) is 2. The van der Waals surface area contributed by atoms with Crippen molar-refractivity contribution in [2.24, 2.45) is 0 Å². The molecule has 2 N–H and O–H groups in total. The highest BCUT2D eigenvalue weighted by Crippen LogP contribution is 2.20. The molecule has 0 spiro atoms. The second kappa shape index (κ2) is 8.24. The third kappa shape index (κ3) is 3.82. The predicted octanol–water partition coefficient (Wildman–Crippen LogP) is 3.18. The van der Waals surface area contributed by atoms with Gasteiger partial charge in [-0.25, -0.2) is 9.59 Å². The number of ether oxygens (including phenoxy) is 1. The largest absolute Gasteiger partial charge is 0.464 e. The molecule has 0 unspecified atom stereocenters. The van der Waals surface area contributed by atoms with Crippen molar-refractivity contribution in [3.05, 3.63) is 82.3 Å². The van der Waals surface area contributed by atoms with Crippen LogP contribution in [0, 0.1) is 0 Å². The summed E-state index contributed by atoms with van der Waals surface area (Å²) in [6.07, 6.45) is 2.01. The molecule has 4 aromatic rings. The highest BCUT2D eigenvalue weighted by molar-refractivity contribution is 5.99. The number of rotatable bonds is 6. The summed E-state index contributed by atoms with van der Waals surface area (Å²) in [6.45, 7) is 1.87. The van der Waals surface area contributed by atoms with Crippen LogP contribution in [0.25, 0.3) is 21.9 Å². The van der Waals surface area contributed by atoms with E-state index in [0.29, 0.717) is 11.0 Å². The number of amides is 1. The Bertz CT molecular complexity index is 1290. The molecule has 0 aliphatic carbocycles. The van der Waals surface area contributed by atoms with E-state index in [1.807, 2.05) is 24.3 Å². The third-order valence-corrected chi connectivity index (χ3v) is 4.86. The third-order valence-electron chi connectivity index (χ3n) is 4.86. The van der Waals surface area contributed by atoms with Gasteiger partial charge in [0.15, 0.2) is 0 Å². The SMILES string of the molecule is CCOC(=O)[C@@H](Cc1c[nH]c2ccccc12)NC(=O)c1cc2ccccc2oc1=O. The average molecular weight is 404 g/mol. The van der Waals surface area contributed by atoms with Gasteiger partial charge in [-0.05, 0) is 30.7 Å². The molecule has 2 aromatic carbocycles. The van der Waals surface area contributed by atoms with Gasteiger partial charge in [-0.1, -0.05) is 36.4 Å². The Balaban J connectivity index is 1.63. The van der Waals surface area contributed by atoms with Gasteiger partial charge < -0.3 is 19.5 Å². The number of aromatic amines is 1. The normalized spacial score (nSPS) is 12.0. The molecule has 2 aromatic heterocycles. The van der Waals surface area contributed by atoms with Gasteiger partial charge in [-0.2, -0.15) is 0 Å². The van der Waals surface area contributed by atoms with Crippen LogP contribution in [0.4, 0.5) is 0 Å². The van der Waals surface area contributed by atoms with E-state index in [2.05, 4.69) is 10.3 Å². The van der Waals surface area contributed by atoms with Crippen molar-refractivity contribution >= 4 is 33.7 Å². The van der Waals surface area contributed by atoms with Crippen molar-refractivity contribution in [2.75, 3.05) is 6.61 Å². The molecule has 0 saturated heterocycles. The standard InChI is InChI=1S/C23H20N2O5/c1-2-29-23(28)19(12-15-13-24-18-9-5-4-8-16(15)18)25-21(26)17-11-14-7-3-6-10-20(14)30-22(17)27/h3-11,13,19,24H,2,12H2,1H3,(H,25,26)/t19-/m1/s1. The van der Waals surface area contributed by atoms with Crippen LogP contribution in [0.3, 0.4) is 0 Å². The van der Waals surface area contributed by atoms with Gasteiger partial charge in [0.25, 0.3) is 5.91 Å². The number of carbonyl (C=O) groups is 2. The van der Waals surface area contributed by atoms with Crippen molar-refractivity contribution in [3.63, 3.8) is 0 Å². The number of para-hydroxylation sites is 2. The number of aromatic nitrogens is 1. The first-order valence-corrected chi connectivity index (χ1v) is 9.62. The number of fused-ring (bicyclic) bond motifs is 2. The second-order valence-electron chi connectivity index (χ2n) is 6.83. The molecule has 2 heterocycles. The number of nitrogens with one attached hydrogen (secondary N) is 2. The van der Waals surface area contributed by atoms with Gasteiger partial charge in [-0.15, -0.1) is 0 Å². The monoisotopic (exact) mass is 404 g/mol. The summed E-state index contributed by atoms with van der Waals surface area (Å²) < 4.78 is 10.4. The van der Waals surface area contributed by atoms with Crippen LogP contribution < -0.4 is 10.9 Å². The van der Waals surface area contributed by atoms with Crippen molar-refractivity contribution in [3.8, 4) is 0 Å². The first-order valence-electron chi connectivity index (χ1n) is 9.62. The molecular formula is C23H20N2O5. The number of benzene rings is 2. The van der Waals surface area contributed by atoms with E-state index in [-0.39, 0.29) is 18.6 Å². The van der Waals surface area contributed by atoms with E-state index < -0.39 is 23.5 Å². The Hall–Kier alpha value is -3.87. The predicted molar refractivity (Wildman–Crippen MR) is 112 cm³/mol. The van der Waals surface area contributed by atoms with Crippen molar-refractivity contribution in [1.29, 1.82) is 0 Å². The van der Waals surface area contributed by atoms with Crippen LogP contribution in [0.1, 0.15) is 22.8 Å². The molecule has 30 heavy (non-hydrogen) atoms. The van der Waals surface area contributed by atoms with Crippen LogP contribution in [0.15, 0.2) is 70.0 Å². The number of hydrogen-bond acceptors (Lipinski definition) is 5. The Labute approximate surface area is 171 Å². The molecule has 7 nitrogen and oxygen atoms in total. The molecule has 1 amide bonds. The van der Waals surface area contributed by atoms with Crippen molar-refractivity contribution < 1.29 is 18.7 Å². The zero-order chi connectivity index (χ0) is 21.1. The maximum atomic E-state index is 12.8. The zero-order valence-corrected chi connectivity index (χ0v) is 16.3. The lowest BCUT2D eigenvalue weighted by Gasteiger charge is -2.17. The molecule has 4 rings (SSSR count). The summed E-state index contributed by atoms with van der Waals surface area (Å²) in [5.41, 5.74) is 1.24. The molecule has 0 radical (unpaired) electrons. The molecular weight excluding hydrogens is 384 g/mol. The van der Waals surface area contributed by atoms with Crippen LogP contribution in [0.5, 0.6) is 0 Å². The van der Waals surface area contributed by atoms with Crippen molar-refractivity contribution in [1.82, 2.24) is 10.3 Å². The summed E-state index contributed by atoms with van der Waals surface area (Å²) in [5.74, 6) is -1.26. The van der Waals surface area contributed by atoms with Gasteiger partial charge >= 0.3 is 11.6 Å². The van der Waals surface area contributed by atoms with Crippen molar-refractivity contribution in [2.45, 2.75) is 19.4 Å². The smallest absolute Gasteiger partial charge is 0.349 e. The van der Waals surface area contributed by atoms with Gasteiger partial charge in [0.05, 0.1) is 6.61 Å². The fourth-order valence-corrected chi connectivity index (χ4v) is 3.41. The maximum Gasteiger partial charge on any atom is 0.349 e. The molecule has 0 aliphatic rings. The number of H-pyrrole nitrogens is 1. The average Bonchev–Trinajstić information content (AvgIpc) is 3.15. The van der Waals surface area contributed by atoms with Crippen LogP contribution in [0.2, 0.25) is 0 Å². The lowest BCUT2D eigenvalue weighted by Crippen LogP contribution is -2.44.